The molecule has 2 aromatic rings. The van der Waals surface area contributed by atoms with E-state index in [1.54, 1.807) is 6.92 Å². The van der Waals surface area contributed by atoms with E-state index in [0.717, 1.165) is 44.9 Å². The van der Waals surface area contributed by atoms with Gasteiger partial charge in [-0.15, -0.1) is 6.58 Å². The summed E-state index contributed by atoms with van der Waals surface area (Å²) in [4.78, 5) is 19.9. The Balaban J connectivity index is -0.000000597. The van der Waals surface area contributed by atoms with Crippen LogP contribution in [0, 0.1) is 18.8 Å². The van der Waals surface area contributed by atoms with E-state index >= 15 is 0 Å². The highest BCUT2D eigenvalue weighted by atomic mass is 16.1. The average Bonchev–Trinajstić information content (AvgIpc) is 3.05. The molecule has 1 aromatic carbocycles. The van der Waals surface area contributed by atoms with E-state index in [-0.39, 0.29) is 5.92 Å². The van der Waals surface area contributed by atoms with Crippen molar-refractivity contribution in [2.24, 2.45) is 16.8 Å². The zero-order valence-corrected chi connectivity index (χ0v) is 32.7. The zero-order valence-electron chi connectivity index (χ0n) is 32.7. The van der Waals surface area contributed by atoms with Gasteiger partial charge in [0.2, 0.25) is 0 Å². The molecule has 3 heteroatoms. The molecule has 3 nitrogen and oxygen atoms in total. The number of pyridine rings is 1. The van der Waals surface area contributed by atoms with Crippen molar-refractivity contribution in [1.29, 1.82) is 0 Å². The summed E-state index contributed by atoms with van der Waals surface area (Å²) in [5.74, 6) is 1.27. The third-order valence-corrected chi connectivity index (χ3v) is 7.58. The van der Waals surface area contributed by atoms with Crippen LogP contribution in [0.5, 0.6) is 0 Å². The second-order valence-electron chi connectivity index (χ2n) is 12.5. The maximum Gasteiger partial charge on any atom is 0.132 e. The molecule has 0 amide bonds. The number of carbonyl (C=O) groups excluding carboxylic acids is 1. The van der Waals surface area contributed by atoms with Crippen molar-refractivity contribution in [3.8, 4) is 0 Å². The first-order chi connectivity index (χ1) is 22.1. The fraction of sp³-hybridized carbons (Fsp3) is 0.651. The van der Waals surface area contributed by atoms with Crippen molar-refractivity contribution >= 4 is 11.5 Å². The van der Waals surface area contributed by atoms with E-state index in [1.165, 1.54) is 72.9 Å². The summed E-state index contributed by atoms with van der Waals surface area (Å²) < 4.78 is 0. The highest BCUT2D eigenvalue weighted by Crippen LogP contribution is 2.21. The third-order valence-electron chi connectivity index (χ3n) is 7.58. The number of rotatable bonds is 16. The number of allylic oxidation sites excluding steroid dienone is 1. The van der Waals surface area contributed by atoms with Gasteiger partial charge in [0.05, 0.1) is 0 Å². The van der Waals surface area contributed by atoms with Gasteiger partial charge in [0, 0.05) is 37.0 Å². The molecule has 0 aliphatic heterocycles. The third kappa shape index (κ3) is 28.9. The van der Waals surface area contributed by atoms with E-state index in [4.69, 9.17) is 0 Å². The zero-order chi connectivity index (χ0) is 35.6. The molecule has 0 saturated carbocycles. The second kappa shape index (κ2) is 35.3. The van der Waals surface area contributed by atoms with E-state index in [2.05, 4.69) is 115 Å². The molecule has 0 aliphatic rings. The van der Waals surface area contributed by atoms with Crippen LogP contribution in [-0.2, 0) is 11.2 Å². The predicted molar refractivity (Wildman–Crippen MR) is 209 cm³/mol. The number of hydrogen-bond donors (Lipinski definition) is 0. The number of ketones is 1. The summed E-state index contributed by atoms with van der Waals surface area (Å²) in [5, 5.41) is 0. The fourth-order valence-electron chi connectivity index (χ4n) is 4.56. The Labute approximate surface area is 288 Å². The van der Waals surface area contributed by atoms with Gasteiger partial charge in [0.15, 0.2) is 0 Å². The molecule has 0 bridgehead atoms. The monoisotopic (exact) mass is 637 g/mol. The molecule has 1 atom stereocenters. The lowest BCUT2D eigenvalue weighted by molar-refractivity contribution is -0.121. The van der Waals surface area contributed by atoms with Crippen molar-refractivity contribution in [3.05, 3.63) is 77.6 Å². The van der Waals surface area contributed by atoms with Crippen LogP contribution < -0.4 is 0 Å². The number of aryl methyl sites for hydroxylation is 2. The van der Waals surface area contributed by atoms with Crippen molar-refractivity contribution < 1.29 is 4.79 Å². The summed E-state index contributed by atoms with van der Waals surface area (Å²) in [6.45, 7) is 26.9. The maximum atomic E-state index is 11.4. The highest BCUT2D eigenvalue weighted by molar-refractivity contribution is 6.02. The Morgan fingerprint density at radius 2 is 1.17 bits per heavy atom. The number of carbonyl (C=O) groups is 1. The van der Waals surface area contributed by atoms with Crippen molar-refractivity contribution in [2.75, 3.05) is 7.05 Å². The number of unbranched alkanes of at least 4 members (excludes halogenated alkanes) is 2. The molecule has 46 heavy (non-hydrogen) atoms. The molecule has 0 radical (unpaired) electrons. The quantitative estimate of drug-likeness (QED) is 0.104. The van der Waals surface area contributed by atoms with Crippen LogP contribution in [0.15, 0.2) is 65.9 Å². The minimum absolute atomic E-state index is 0.289. The van der Waals surface area contributed by atoms with Gasteiger partial charge in [-0.05, 0) is 89.0 Å². The molecule has 0 saturated heterocycles. The molecule has 1 unspecified atom stereocenters. The van der Waals surface area contributed by atoms with Crippen LogP contribution in [0.3, 0.4) is 0 Å². The number of hydrogen-bond acceptors (Lipinski definition) is 3. The Kier molecular flexibility index (Phi) is 36.7. The number of Topliss-reactive ketones (excluding diaryl/α,β-unsaturated/α-hetero) is 1. The summed E-state index contributed by atoms with van der Waals surface area (Å²) in [5.41, 5.74) is 6.49. The molecule has 0 aliphatic carbocycles. The van der Waals surface area contributed by atoms with Gasteiger partial charge in [-0.3, -0.25) is 14.8 Å². The maximum absolute atomic E-state index is 11.4. The van der Waals surface area contributed by atoms with Crippen LogP contribution in [0.1, 0.15) is 169 Å². The van der Waals surface area contributed by atoms with Crippen LogP contribution in [0.2, 0.25) is 0 Å². The number of benzene rings is 1. The minimum Gasteiger partial charge on any atom is -0.300 e. The van der Waals surface area contributed by atoms with Crippen molar-refractivity contribution in [2.45, 2.75) is 166 Å². The lowest BCUT2D eigenvalue weighted by atomic mass is 9.88. The van der Waals surface area contributed by atoms with Gasteiger partial charge in [0.1, 0.15) is 5.78 Å². The molecule has 0 spiro atoms. The standard InChI is InChI=1S/C16H25N.C15H23NO.C5H10.C4H10.C3H8/c1-5-7-14(8-6-2)16(17-4)15-11-9-13(3)10-12-15;1-3-6-15(13(2)17)8-5-4-7-14-9-11-16-12-10-14;1-4-5(2)3;1-3-4-2;1-3-2/h9-12,14H,5-8H2,1-4H3;9-12,15H,3-8H2,1-2H3;2,4H2,1,3H3;3-4H2,1-2H3;3H2,1-2H3. The summed E-state index contributed by atoms with van der Waals surface area (Å²) in [6.07, 6.45) is 20.2. The van der Waals surface area contributed by atoms with Gasteiger partial charge in [0.25, 0.3) is 0 Å². The molecule has 1 heterocycles. The van der Waals surface area contributed by atoms with Crippen LogP contribution in [0.25, 0.3) is 0 Å². The van der Waals surface area contributed by atoms with Gasteiger partial charge < -0.3 is 0 Å². The van der Waals surface area contributed by atoms with Crippen LogP contribution >= 0.6 is 0 Å². The summed E-state index contributed by atoms with van der Waals surface area (Å²) >= 11 is 0. The van der Waals surface area contributed by atoms with Crippen molar-refractivity contribution in [3.63, 3.8) is 0 Å². The molecule has 2 rings (SSSR count). The molecular weight excluding hydrogens is 560 g/mol. The number of aliphatic imine (C=N–C) groups is 1. The summed E-state index contributed by atoms with van der Waals surface area (Å²) in [7, 11) is 1.92. The first-order valence-electron chi connectivity index (χ1n) is 18.6. The lowest BCUT2D eigenvalue weighted by Gasteiger charge is -2.18. The Morgan fingerprint density at radius 1 is 0.717 bits per heavy atom. The number of aromatic nitrogens is 1. The number of nitrogens with zero attached hydrogens (tertiary/aromatic N) is 2. The van der Waals surface area contributed by atoms with Gasteiger partial charge in [-0.2, -0.15) is 0 Å². The normalized spacial score (nSPS) is 10.9. The van der Waals surface area contributed by atoms with Gasteiger partial charge in [-0.25, -0.2) is 0 Å². The van der Waals surface area contributed by atoms with Gasteiger partial charge in [-0.1, -0.05) is 136 Å². The molecule has 264 valence electrons. The van der Waals surface area contributed by atoms with E-state index in [0.29, 0.717) is 11.7 Å². The Morgan fingerprint density at radius 3 is 1.54 bits per heavy atom. The smallest absolute Gasteiger partial charge is 0.132 e. The largest absolute Gasteiger partial charge is 0.300 e. The molecule has 0 N–H and O–H groups in total. The SMILES string of the molecule is C=C(C)CC.CCC.CCCC.CCCC(CCC)C(=NC)c1ccc(C)cc1.CCCC(CCCCc1ccncc1)C(C)=O. The fourth-order valence-corrected chi connectivity index (χ4v) is 4.56. The highest BCUT2D eigenvalue weighted by Gasteiger charge is 2.15. The Bertz CT molecular complexity index is 954. The van der Waals surface area contributed by atoms with Gasteiger partial charge >= 0.3 is 0 Å². The first kappa shape index (κ1) is 47.9. The minimum atomic E-state index is 0.289. The van der Waals surface area contributed by atoms with Crippen LogP contribution in [-0.4, -0.2) is 23.5 Å². The molecule has 0 fully saturated rings. The second-order valence-corrected chi connectivity index (χ2v) is 12.5. The van der Waals surface area contributed by atoms with E-state index in [9.17, 15) is 4.79 Å². The summed E-state index contributed by atoms with van der Waals surface area (Å²) in [6, 6.07) is 12.9. The van der Waals surface area contributed by atoms with Crippen molar-refractivity contribution in [1.82, 2.24) is 4.98 Å². The van der Waals surface area contributed by atoms with E-state index < -0.39 is 0 Å². The van der Waals surface area contributed by atoms with Crippen LogP contribution in [0.4, 0.5) is 0 Å². The first-order valence-corrected chi connectivity index (χ1v) is 18.6. The Hall–Kier alpha value is -2.55. The lowest BCUT2D eigenvalue weighted by Crippen LogP contribution is -2.16. The van der Waals surface area contributed by atoms with E-state index in [1.807, 2.05) is 26.4 Å². The topological polar surface area (TPSA) is 42.3 Å². The predicted octanol–water partition coefficient (Wildman–Crippen LogP) is 13.6. The molecule has 1 aromatic heterocycles. The molecular formula is C43H76N2O. The average molecular weight is 637 g/mol.